The first-order chi connectivity index (χ1) is 14.0. The van der Waals surface area contributed by atoms with Gasteiger partial charge in [-0.2, -0.15) is 0 Å². The van der Waals surface area contributed by atoms with Crippen molar-refractivity contribution >= 4 is 63.5 Å². The fourth-order valence-electron chi connectivity index (χ4n) is 2.80. The summed E-state index contributed by atoms with van der Waals surface area (Å²) in [4.78, 5) is 2.25. The molecule has 1 heterocycles. The van der Waals surface area contributed by atoms with Crippen LogP contribution in [0.3, 0.4) is 0 Å². The van der Waals surface area contributed by atoms with Crippen LogP contribution in [-0.4, -0.2) is 13.1 Å². The van der Waals surface area contributed by atoms with Crippen molar-refractivity contribution < 1.29 is 4.57 Å². The molecule has 0 atom stereocenters. The summed E-state index contributed by atoms with van der Waals surface area (Å²) in [5.41, 5.74) is 1.91. The summed E-state index contributed by atoms with van der Waals surface area (Å²) in [5.74, 6) is 0. The molecule has 0 saturated carbocycles. The lowest BCUT2D eigenvalue weighted by Gasteiger charge is -2.22. The zero-order valence-corrected chi connectivity index (χ0v) is 18.7. The topological polar surface area (TPSA) is 31.8 Å². The summed E-state index contributed by atoms with van der Waals surface area (Å²) in [6.07, 6.45) is 4.11. The number of benzene rings is 2. The Bertz CT molecular complexity index is 986. The zero-order chi connectivity index (χ0) is 20.8. The Hall–Kier alpha value is -1.85. The molecule has 0 N–H and O–H groups in total. The zero-order valence-electron chi connectivity index (χ0n) is 15.7. The molecule has 1 aromatic heterocycles. The van der Waals surface area contributed by atoms with Gasteiger partial charge in [0.1, 0.15) is 11.4 Å². The van der Waals surface area contributed by atoms with E-state index in [0.717, 1.165) is 25.3 Å². The van der Waals surface area contributed by atoms with Gasteiger partial charge >= 0.3 is 0 Å². The second-order valence-corrected chi connectivity index (χ2v) is 7.90. The maximum atomic E-state index is 6.45. The normalized spacial score (nSPS) is 11.2. The van der Waals surface area contributed by atoms with Crippen LogP contribution in [0.2, 0.25) is 20.1 Å². The summed E-state index contributed by atoms with van der Waals surface area (Å²) in [7, 11) is 0. The van der Waals surface area contributed by atoms with Gasteiger partial charge in [0.05, 0.1) is 21.6 Å². The Kier molecular flexibility index (Phi) is 7.73. The lowest BCUT2D eigenvalue weighted by Crippen LogP contribution is -2.40. The highest BCUT2D eigenvalue weighted by atomic mass is 35.5. The Morgan fingerprint density at radius 1 is 0.862 bits per heavy atom. The molecule has 29 heavy (non-hydrogen) atoms. The molecule has 4 nitrogen and oxygen atoms in total. The smallest absolute Gasteiger partial charge is 0.168 e. The van der Waals surface area contributed by atoms with Crippen molar-refractivity contribution in [3.05, 3.63) is 81.0 Å². The van der Waals surface area contributed by atoms with Crippen molar-refractivity contribution in [3.63, 3.8) is 0 Å². The van der Waals surface area contributed by atoms with Crippen LogP contribution in [0.15, 0.2) is 71.2 Å². The van der Waals surface area contributed by atoms with E-state index in [4.69, 9.17) is 46.4 Å². The quantitative estimate of drug-likeness (QED) is 0.260. The molecule has 150 valence electrons. The first-order valence-corrected chi connectivity index (χ1v) is 10.5. The molecule has 0 aliphatic heterocycles. The molecule has 3 rings (SSSR count). The molecule has 0 unspecified atom stereocenters. The van der Waals surface area contributed by atoms with Crippen molar-refractivity contribution in [1.82, 2.24) is 0 Å². The van der Waals surface area contributed by atoms with Gasteiger partial charge in [0.25, 0.3) is 0 Å². The van der Waals surface area contributed by atoms with Crippen LogP contribution in [0.25, 0.3) is 0 Å². The molecule has 0 aliphatic rings. The van der Waals surface area contributed by atoms with E-state index in [0.29, 0.717) is 31.5 Å². The SMILES string of the molecule is CCN(CC[n+]1ccccc1)c1ccc(N=Nc2c(Cl)cc(Cl)cc2Cl)c(Cl)c1. The predicted octanol–water partition coefficient (Wildman–Crippen LogP) is 7.53. The molecular formula is C21H19Cl4N4+. The third kappa shape index (κ3) is 5.83. The Balaban J connectivity index is 1.75. The van der Waals surface area contributed by atoms with E-state index in [-0.39, 0.29) is 0 Å². The molecule has 0 saturated heterocycles. The molecule has 2 aromatic carbocycles. The number of halogens is 4. The maximum absolute atomic E-state index is 6.45. The fraction of sp³-hybridized carbons (Fsp3) is 0.190. The molecule has 8 heteroatoms. The molecule has 0 aliphatic carbocycles. The molecular weight excluding hydrogens is 450 g/mol. The van der Waals surface area contributed by atoms with E-state index in [1.54, 1.807) is 12.1 Å². The van der Waals surface area contributed by atoms with Gasteiger partial charge in [0.15, 0.2) is 18.9 Å². The Labute approximate surface area is 190 Å². The molecule has 0 amide bonds. The number of likely N-dealkylation sites (N-methyl/N-ethyl adjacent to an activating group) is 1. The number of rotatable bonds is 7. The van der Waals surface area contributed by atoms with E-state index in [2.05, 4.69) is 39.0 Å². The van der Waals surface area contributed by atoms with Crippen LogP contribution in [0.1, 0.15) is 6.92 Å². The average molecular weight is 469 g/mol. The summed E-state index contributed by atoms with van der Waals surface area (Å²) in [6, 6.07) is 14.9. The Morgan fingerprint density at radius 3 is 2.17 bits per heavy atom. The van der Waals surface area contributed by atoms with Crippen molar-refractivity contribution in [2.75, 3.05) is 18.0 Å². The molecule has 0 radical (unpaired) electrons. The standard InChI is InChI=1S/C21H19Cl4N4/c1-2-29(11-10-28-8-4-3-5-9-28)16-6-7-20(17(23)14-16)26-27-21-18(24)12-15(22)13-19(21)25/h3-9,12-14H,2,10-11H2,1H3/q+1. The number of pyridine rings is 1. The number of nitrogens with zero attached hydrogens (tertiary/aromatic N) is 4. The van der Waals surface area contributed by atoms with Crippen molar-refractivity contribution in [2.45, 2.75) is 13.5 Å². The highest BCUT2D eigenvalue weighted by Crippen LogP contribution is 2.38. The highest BCUT2D eigenvalue weighted by Gasteiger charge is 2.11. The minimum atomic E-state index is 0.328. The third-order valence-electron chi connectivity index (χ3n) is 4.32. The monoisotopic (exact) mass is 467 g/mol. The number of hydrogen-bond donors (Lipinski definition) is 0. The maximum Gasteiger partial charge on any atom is 0.168 e. The van der Waals surface area contributed by atoms with Gasteiger partial charge in [-0.1, -0.05) is 52.5 Å². The third-order valence-corrected chi connectivity index (χ3v) is 5.42. The number of azo groups is 1. The Morgan fingerprint density at radius 2 is 1.55 bits per heavy atom. The number of anilines is 1. The van der Waals surface area contributed by atoms with Gasteiger partial charge in [-0.25, -0.2) is 4.57 Å². The van der Waals surface area contributed by atoms with E-state index in [1.165, 1.54) is 0 Å². The average Bonchev–Trinajstić information content (AvgIpc) is 2.69. The van der Waals surface area contributed by atoms with Crippen LogP contribution < -0.4 is 9.47 Å². The molecule has 0 spiro atoms. The van der Waals surface area contributed by atoms with E-state index < -0.39 is 0 Å². The number of hydrogen-bond acceptors (Lipinski definition) is 3. The lowest BCUT2D eigenvalue weighted by atomic mass is 10.2. The summed E-state index contributed by atoms with van der Waals surface area (Å²) in [6.45, 7) is 4.71. The molecule has 3 aromatic rings. The molecule has 0 fully saturated rings. The van der Waals surface area contributed by atoms with Gasteiger partial charge in [-0.05, 0) is 37.3 Å². The van der Waals surface area contributed by atoms with E-state index >= 15 is 0 Å². The van der Waals surface area contributed by atoms with Crippen LogP contribution >= 0.6 is 46.4 Å². The summed E-state index contributed by atoms with van der Waals surface area (Å²) in [5, 5.41) is 9.95. The second-order valence-electron chi connectivity index (χ2n) is 6.25. The van der Waals surface area contributed by atoms with Crippen molar-refractivity contribution in [1.29, 1.82) is 0 Å². The minimum Gasteiger partial charge on any atom is -0.365 e. The first kappa shape index (κ1) is 21.8. The van der Waals surface area contributed by atoms with Crippen LogP contribution in [0.5, 0.6) is 0 Å². The largest absolute Gasteiger partial charge is 0.365 e. The van der Waals surface area contributed by atoms with Crippen LogP contribution in [0.4, 0.5) is 17.1 Å². The summed E-state index contributed by atoms with van der Waals surface area (Å²) >= 11 is 24.7. The van der Waals surface area contributed by atoms with Crippen molar-refractivity contribution in [3.8, 4) is 0 Å². The number of aromatic nitrogens is 1. The van der Waals surface area contributed by atoms with Gasteiger partial charge in [-0.15, -0.1) is 10.2 Å². The lowest BCUT2D eigenvalue weighted by molar-refractivity contribution is -0.694. The fourth-order valence-corrected chi connectivity index (χ4v) is 3.90. The van der Waals surface area contributed by atoms with Crippen LogP contribution in [-0.2, 0) is 6.54 Å². The molecule has 0 bridgehead atoms. The predicted molar refractivity (Wildman–Crippen MR) is 122 cm³/mol. The van der Waals surface area contributed by atoms with Gasteiger partial charge in [-0.3, -0.25) is 0 Å². The second kappa shape index (κ2) is 10.3. The minimum absolute atomic E-state index is 0.328. The van der Waals surface area contributed by atoms with Crippen LogP contribution in [0, 0.1) is 0 Å². The van der Waals surface area contributed by atoms with E-state index in [9.17, 15) is 0 Å². The van der Waals surface area contributed by atoms with Gasteiger partial charge < -0.3 is 4.90 Å². The van der Waals surface area contributed by atoms with Gasteiger partial charge in [0, 0.05) is 29.4 Å². The highest BCUT2D eigenvalue weighted by molar-refractivity contribution is 6.41. The first-order valence-electron chi connectivity index (χ1n) is 9.03. The van der Waals surface area contributed by atoms with Gasteiger partial charge in [0.2, 0.25) is 0 Å². The van der Waals surface area contributed by atoms with E-state index in [1.807, 2.05) is 36.4 Å². The summed E-state index contributed by atoms with van der Waals surface area (Å²) < 4.78 is 2.15. The van der Waals surface area contributed by atoms with Crippen molar-refractivity contribution in [2.24, 2.45) is 10.2 Å².